The number of aryl methyl sites for hydroxylation is 1. The van der Waals surface area contributed by atoms with Gasteiger partial charge in [0.1, 0.15) is 5.82 Å². The Balaban J connectivity index is 2.33. The van der Waals surface area contributed by atoms with Gasteiger partial charge in [0, 0.05) is 7.05 Å². The number of para-hydroxylation sites is 2. The first-order valence-electron chi connectivity index (χ1n) is 5.88. The van der Waals surface area contributed by atoms with Crippen LogP contribution in [0.5, 0.6) is 0 Å². The number of hydrogen-bond donors (Lipinski definition) is 1. The molecule has 0 spiro atoms. The van der Waals surface area contributed by atoms with E-state index in [0.29, 0.717) is 6.04 Å². The average Bonchev–Trinajstić information content (AvgIpc) is 2.64. The van der Waals surface area contributed by atoms with E-state index in [4.69, 9.17) is 0 Å². The molecule has 3 heteroatoms. The maximum atomic E-state index is 4.67. The third-order valence-corrected chi connectivity index (χ3v) is 2.91. The number of hydrogen-bond acceptors (Lipinski definition) is 2. The predicted octanol–water partition coefficient (Wildman–Crippen LogP) is 2.63. The third kappa shape index (κ3) is 1.95. The van der Waals surface area contributed by atoms with Crippen molar-refractivity contribution in [2.75, 3.05) is 6.54 Å². The zero-order valence-corrected chi connectivity index (χ0v) is 10.2. The lowest BCUT2D eigenvalue weighted by molar-refractivity contribution is 0.532. The van der Waals surface area contributed by atoms with E-state index in [1.807, 2.05) is 6.07 Å². The van der Waals surface area contributed by atoms with Crippen molar-refractivity contribution in [1.29, 1.82) is 0 Å². The van der Waals surface area contributed by atoms with E-state index in [-0.39, 0.29) is 0 Å². The molecule has 0 aliphatic rings. The number of nitrogens with one attached hydrogen (secondary N) is 1. The first kappa shape index (κ1) is 11.1. The van der Waals surface area contributed by atoms with Gasteiger partial charge in [-0.3, -0.25) is 0 Å². The Labute approximate surface area is 96.5 Å². The standard InChI is InChI=1S/C13H19N3/c1-4-9-14-10(2)13-15-11-7-5-6-8-12(11)16(13)3/h5-8,10,14H,4,9H2,1-3H3. The van der Waals surface area contributed by atoms with Gasteiger partial charge in [0.25, 0.3) is 0 Å². The topological polar surface area (TPSA) is 29.9 Å². The largest absolute Gasteiger partial charge is 0.330 e. The first-order chi connectivity index (χ1) is 7.74. The Kier molecular flexibility index (Phi) is 3.25. The van der Waals surface area contributed by atoms with Gasteiger partial charge < -0.3 is 9.88 Å². The summed E-state index contributed by atoms with van der Waals surface area (Å²) in [5.74, 6) is 1.11. The molecule has 1 atom stereocenters. The molecule has 16 heavy (non-hydrogen) atoms. The molecule has 0 aliphatic carbocycles. The van der Waals surface area contributed by atoms with E-state index in [2.05, 4.69) is 54.0 Å². The van der Waals surface area contributed by atoms with Crippen LogP contribution < -0.4 is 5.32 Å². The van der Waals surface area contributed by atoms with E-state index in [9.17, 15) is 0 Å². The van der Waals surface area contributed by atoms with Crippen LogP contribution >= 0.6 is 0 Å². The highest BCUT2D eigenvalue weighted by Gasteiger charge is 2.12. The van der Waals surface area contributed by atoms with Crippen LogP contribution in [0.25, 0.3) is 11.0 Å². The zero-order valence-electron chi connectivity index (χ0n) is 10.2. The van der Waals surface area contributed by atoms with Crippen LogP contribution in [-0.4, -0.2) is 16.1 Å². The van der Waals surface area contributed by atoms with Gasteiger partial charge in [-0.15, -0.1) is 0 Å². The number of fused-ring (bicyclic) bond motifs is 1. The molecule has 0 bridgehead atoms. The quantitative estimate of drug-likeness (QED) is 0.853. The molecule has 1 unspecified atom stereocenters. The summed E-state index contributed by atoms with van der Waals surface area (Å²) in [6.45, 7) is 5.37. The van der Waals surface area contributed by atoms with Crippen LogP contribution in [0, 0.1) is 0 Å². The van der Waals surface area contributed by atoms with Gasteiger partial charge in [0.05, 0.1) is 17.1 Å². The molecule has 0 saturated carbocycles. The summed E-state index contributed by atoms with van der Waals surface area (Å²) in [4.78, 5) is 4.67. The minimum atomic E-state index is 0.303. The highest BCUT2D eigenvalue weighted by molar-refractivity contribution is 5.75. The van der Waals surface area contributed by atoms with Crippen molar-refractivity contribution in [2.45, 2.75) is 26.3 Å². The van der Waals surface area contributed by atoms with E-state index in [1.54, 1.807) is 0 Å². The molecule has 3 nitrogen and oxygen atoms in total. The predicted molar refractivity (Wildman–Crippen MR) is 67.4 cm³/mol. The third-order valence-electron chi connectivity index (χ3n) is 2.91. The fraction of sp³-hybridized carbons (Fsp3) is 0.462. The maximum Gasteiger partial charge on any atom is 0.126 e. The van der Waals surface area contributed by atoms with Crippen molar-refractivity contribution < 1.29 is 0 Å². The van der Waals surface area contributed by atoms with E-state index >= 15 is 0 Å². The molecule has 1 aromatic heterocycles. The van der Waals surface area contributed by atoms with Crippen LogP contribution in [-0.2, 0) is 7.05 Å². The summed E-state index contributed by atoms with van der Waals surface area (Å²) >= 11 is 0. The fourth-order valence-corrected chi connectivity index (χ4v) is 2.00. The van der Waals surface area contributed by atoms with E-state index in [0.717, 1.165) is 24.3 Å². The number of nitrogens with zero attached hydrogens (tertiary/aromatic N) is 2. The summed E-state index contributed by atoms with van der Waals surface area (Å²) in [5, 5.41) is 3.47. The van der Waals surface area contributed by atoms with Gasteiger partial charge in [0.2, 0.25) is 0 Å². The second-order valence-electron chi connectivity index (χ2n) is 4.19. The van der Waals surface area contributed by atoms with Crippen LogP contribution in [0.2, 0.25) is 0 Å². The molecule has 0 aliphatic heterocycles. The SMILES string of the molecule is CCCNC(C)c1nc2ccccc2n1C. The number of rotatable bonds is 4. The second-order valence-corrected chi connectivity index (χ2v) is 4.19. The second kappa shape index (κ2) is 4.66. The van der Waals surface area contributed by atoms with Crippen molar-refractivity contribution in [3.8, 4) is 0 Å². The van der Waals surface area contributed by atoms with E-state index < -0.39 is 0 Å². The van der Waals surface area contributed by atoms with E-state index in [1.165, 1.54) is 5.52 Å². The zero-order chi connectivity index (χ0) is 11.5. The first-order valence-corrected chi connectivity index (χ1v) is 5.88. The van der Waals surface area contributed by atoms with Gasteiger partial charge in [-0.2, -0.15) is 0 Å². The van der Waals surface area contributed by atoms with Gasteiger partial charge in [-0.1, -0.05) is 19.1 Å². The van der Waals surface area contributed by atoms with Crippen LogP contribution in [0.4, 0.5) is 0 Å². The number of imidazole rings is 1. The molecule has 2 aromatic rings. The Bertz CT molecular complexity index is 473. The molecule has 0 fully saturated rings. The summed E-state index contributed by atoms with van der Waals surface area (Å²) in [7, 11) is 2.08. The van der Waals surface area contributed by atoms with Crippen molar-refractivity contribution in [3.05, 3.63) is 30.1 Å². The highest BCUT2D eigenvalue weighted by Crippen LogP contribution is 2.18. The van der Waals surface area contributed by atoms with Gasteiger partial charge in [0.15, 0.2) is 0 Å². The Morgan fingerprint density at radius 3 is 2.81 bits per heavy atom. The van der Waals surface area contributed by atoms with Crippen LogP contribution in [0.15, 0.2) is 24.3 Å². The van der Waals surface area contributed by atoms with Crippen molar-refractivity contribution >= 4 is 11.0 Å². The summed E-state index contributed by atoms with van der Waals surface area (Å²) in [6, 6.07) is 8.56. The monoisotopic (exact) mass is 217 g/mol. The fourth-order valence-electron chi connectivity index (χ4n) is 2.00. The lowest BCUT2D eigenvalue weighted by Gasteiger charge is -2.12. The van der Waals surface area contributed by atoms with Crippen LogP contribution in [0.1, 0.15) is 32.1 Å². The number of aromatic nitrogens is 2. The normalized spacial score (nSPS) is 13.2. The molecule has 0 saturated heterocycles. The molecule has 0 radical (unpaired) electrons. The number of benzene rings is 1. The lowest BCUT2D eigenvalue weighted by Crippen LogP contribution is -2.22. The lowest BCUT2D eigenvalue weighted by atomic mass is 10.3. The Hall–Kier alpha value is -1.35. The Morgan fingerprint density at radius 1 is 1.38 bits per heavy atom. The van der Waals surface area contributed by atoms with Gasteiger partial charge >= 0.3 is 0 Å². The molecule has 1 heterocycles. The smallest absolute Gasteiger partial charge is 0.126 e. The molecular formula is C13H19N3. The average molecular weight is 217 g/mol. The Morgan fingerprint density at radius 2 is 2.12 bits per heavy atom. The van der Waals surface area contributed by atoms with Gasteiger partial charge in [-0.25, -0.2) is 4.98 Å². The summed E-state index contributed by atoms with van der Waals surface area (Å²) in [6.07, 6.45) is 1.15. The summed E-state index contributed by atoms with van der Waals surface area (Å²) < 4.78 is 2.17. The van der Waals surface area contributed by atoms with Crippen molar-refractivity contribution in [1.82, 2.24) is 14.9 Å². The van der Waals surface area contributed by atoms with Crippen LogP contribution in [0.3, 0.4) is 0 Å². The summed E-state index contributed by atoms with van der Waals surface area (Å²) in [5.41, 5.74) is 2.27. The molecular weight excluding hydrogens is 198 g/mol. The molecule has 1 N–H and O–H groups in total. The van der Waals surface area contributed by atoms with Gasteiger partial charge in [-0.05, 0) is 32.0 Å². The minimum absolute atomic E-state index is 0.303. The molecule has 1 aromatic carbocycles. The maximum absolute atomic E-state index is 4.67. The minimum Gasteiger partial charge on any atom is -0.330 e. The molecule has 0 amide bonds. The molecule has 86 valence electrons. The van der Waals surface area contributed by atoms with Crippen molar-refractivity contribution in [2.24, 2.45) is 7.05 Å². The van der Waals surface area contributed by atoms with Crippen molar-refractivity contribution in [3.63, 3.8) is 0 Å². The highest BCUT2D eigenvalue weighted by atomic mass is 15.1. The molecule has 2 rings (SSSR count).